The Morgan fingerprint density at radius 3 is 1.89 bits per heavy atom. The second-order valence-electron chi connectivity index (χ2n) is 8.59. The molecule has 3 rings (SSSR count). The van der Waals surface area contributed by atoms with Crippen LogP contribution >= 0.6 is 0 Å². The normalized spacial score (nSPS) is 18.0. The lowest BCUT2D eigenvalue weighted by atomic mass is 9.79. The lowest BCUT2D eigenvalue weighted by Crippen LogP contribution is -2.41. The number of ether oxygens (including phenoxy) is 1. The Hall–Kier alpha value is -1.92. The van der Waals surface area contributed by atoms with Crippen LogP contribution in [0.2, 0.25) is 0 Å². The minimum atomic E-state index is -0.827. The third-order valence-electron chi connectivity index (χ3n) is 5.58. The zero-order chi connectivity index (χ0) is 20.7. The van der Waals surface area contributed by atoms with Crippen LogP contribution in [0.4, 0.5) is 8.78 Å². The van der Waals surface area contributed by atoms with E-state index in [1.807, 2.05) is 52.0 Å². The Balaban J connectivity index is 1.74. The standard InChI is InChI=1S/C22H27BF2O3/c1-14(2)16-9-7-15(8-10-16)13-26-20-18(24)11-17(12-19(20)25)23-27-21(3,4)22(5,6)28-23/h7-12,14H,13H2,1-6H3. The lowest BCUT2D eigenvalue weighted by molar-refractivity contribution is 0.00578. The van der Waals surface area contributed by atoms with E-state index < -0.39 is 35.7 Å². The molecule has 0 aromatic heterocycles. The molecule has 0 spiro atoms. The fourth-order valence-corrected chi connectivity index (χ4v) is 2.99. The van der Waals surface area contributed by atoms with Crippen LogP contribution in [0, 0.1) is 11.6 Å². The Morgan fingerprint density at radius 1 is 0.929 bits per heavy atom. The zero-order valence-corrected chi connectivity index (χ0v) is 17.3. The maximum atomic E-state index is 14.5. The first-order chi connectivity index (χ1) is 13.0. The molecular formula is C22H27BF2O3. The van der Waals surface area contributed by atoms with Crippen molar-refractivity contribution in [3.63, 3.8) is 0 Å². The molecule has 0 N–H and O–H groups in total. The summed E-state index contributed by atoms with van der Waals surface area (Å²) in [5, 5.41) is 0. The topological polar surface area (TPSA) is 27.7 Å². The molecule has 3 nitrogen and oxygen atoms in total. The van der Waals surface area contributed by atoms with Gasteiger partial charge in [-0.05, 0) is 62.3 Å². The van der Waals surface area contributed by atoms with Crippen molar-refractivity contribution in [1.29, 1.82) is 0 Å². The molecule has 0 bridgehead atoms. The third kappa shape index (κ3) is 4.08. The Labute approximate surface area is 166 Å². The summed E-state index contributed by atoms with van der Waals surface area (Å²) in [5.41, 5.74) is 1.18. The minimum absolute atomic E-state index is 0.0854. The summed E-state index contributed by atoms with van der Waals surface area (Å²) < 4.78 is 46.2. The highest BCUT2D eigenvalue weighted by Crippen LogP contribution is 2.37. The number of benzene rings is 2. The first kappa shape index (κ1) is 20.8. The molecule has 0 saturated carbocycles. The maximum absolute atomic E-state index is 14.5. The molecule has 1 heterocycles. The fraction of sp³-hybridized carbons (Fsp3) is 0.455. The van der Waals surface area contributed by atoms with Crippen molar-refractivity contribution in [2.75, 3.05) is 0 Å². The van der Waals surface area contributed by atoms with Gasteiger partial charge >= 0.3 is 7.12 Å². The Kier molecular flexibility index (Phi) is 5.56. The second kappa shape index (κ2) is 7.49. The summed E-state index contributed by atoms with van der Waals surface area (Å²) in [7, 11) is -0.827. The van der Waals surface area contributed by atoms with Crippen molar-refractivity contribution in [2.45, 2.75) is 65.3 Å². The van der Waals surface area contributed by atoms with Crippen molar-refractivity contribution >= 4 is 12.6 Å². The molecule has 2 aromatic rings. The van der Waals surface area contributed by atoms with E-state index in [2.05, 4.69) is 13.8 Å². The predicted molar refractivity (Wildman–Crippen MR) is 107 cm³/mol. The summed E-state index contributed by atoms with van der Waals surface area (Å²) >= 11 is 0. The molecule has 0 amide bonds. The van der Waals surface area contributed by atoms with E-state index in [4.69, 9.17) is 14.0 Å². The summed E-state index contributed by atoms with van der Waals surface area (Å²) in [6.07, 6.45) is 0. The van der Waals surface area contributed by atoms with Gasteiger partial charge < -0.3 is 14.0 Å². The molecule has 1 aliphatic heterocycles. The van der Waals surface area contributed by atoms with Crippen molar-refractivity contribution in [2.24, 2.45) is 0 Å². The molecule has 2 aromatic carbocycles. The van der Waals surface area contributed by atoms with E-state index in [1.54, 1.807) is 0 Å². The minimum Gasteiger partial charge on any atom is -0.483 e. The van der Waals surface area contributed by atoms with Crippen LogP contribution in [-0.4, -0.2) is 18.3 Å². The van der Waals surface area contributed by atoms with E-state index in [0.29, 0.717) is 11.4 Å². The SMILES string of the molecule is CC(C)c1ccc(COc2c(F)cc(B3OC(C)(C)C(C)(C)O3)cc2F)cc1. The quantitative estimate of drug-likeness (QED) is 0.678. The summed E-state index contributed by atoms with van der Waals surface area (Å²) in [5.74, 6) is -1.52. The number of rotatable bonds is 5. The van der Waals surface area contributed by atoms with Gasteiger partial charge in [0.15, 0.2) is 17.4 Å². The average molecular weight is 388 g/mol. The first-order valence-electron chi connectivity index (χ1n) is 9.56. The average Bonchev–Trinajstić information content (AvgIpc) is 2.82. The van der Waals surface area contributed by atoms with Crippen LogP contribution in [0.25, 0.3) is 0 Å². The van der Waals surface area contributed by atoms with E-state index in [-0.39, 0.29) is 6.61 Å². The van der Waals surface area contributed by atoms with Crippen molar-refractivity contribution in [3.8, 4) is 5.75 Å². The van der Waals surface area contributed by atoms with E-state index >= 15 is 0 Å². The number of halogens is 2. The van der Waals surface area contributed by atoms with E-state index in [1.165, 1.54) is 17.7 Å². The molecule has 0 radical (unpaired) electrons. The third-order valence-corrected chi connectivity index (χ3v) is 5.58. The van der Waals surface area contributed by atoms with Crippen molar-refractivity contribution in [1.82, 2.24) is 0 Å². The molecule has 1 saturated heterocycles. The van der Waals surface area contributed by atoms with Gasteiger partial charge in [0.25, 0.3) is 0 Å². The van der Waals surface area contributed by atoms with Gasteiger partial charge in [0.1, 0.15) is 6.61 Å². The van der Waals surface area contributed by atoms with Gasteiger partial charge in [-0.25, -0.2) is 8.78 Å². The summed E-state index contributed by atoms with van der Waals surface area (Å²) in [6, 6.07) is 10.2. The zero-order valence-electron chi connectivity index (χ0n) is 17.3. The number of hydrogen-bond donors (Lipinski definition) is 0. The molecule has 28 heavy (non-hydrogen) atoms. The van der Waals surface area contributed by atoms with Gasteiger partial charge in [-0.2, -0.15) is 0 Å². The van der Waals surface area contributed by atoms with Crippen LogP contribution in [-0.2, 0) is 15.9 Å². The van der Waals surface area contributed by atoms with Gasteiger partial charge in [0, 0.05) is 0 Å². The largest absolute Gasteiger partial charge is 0.495 e. The smallest absolute Gasteiger partial charge is 0.483 e. The van der Waals surface area contributed by atoms with E-state index in [0.717, 1.165) is 5.56 Å². The van der Waals surface area contributed by atoms with Crippen LogP contribution in [0.15, 0.2) is 36.4 Å². The Bertz CT molecular complexity index is 808. The highest BCUT2D eigenvalue weighted by Gasteiger charge is 2.52. The van der Waals surface area contributed by atoms with Crippen LogP contribution < -0.4 is 10.2 Å². The summed E-state index contributed by atoms with van der Waals surface area (Å²) in [6.45, 7) is 11.9. The molecule has 0 aliphatic carbocycles. The highest BCUT2D eigenvalue weighted by molar-refractivity contribution is 6.62. The molecule has 0 atom stereocenters. The molecule has 1 aliphatic rings. The van der Waals surface area contributed by atoms with Gasteiger partial charge in [0.2, 0.25) is 0 Å². The lowest BCUT2D eigenvalue weighted by Gasteiger charge is -2.32. The van der Waals surface area contributed by atoms with Gasteiger partial charge in [-0.15, -0.1) is 0 Å². The fourth-order valence-electron chi connectivity index (χ4n) is 2.99. The Morgan fingerprint density at radius 2 is 1.43 bits per heavy atom. The van der Waals surface area contributed by atoms with Crippen LogP contribution in [0.3, 0.4) is 0 Å². The molecule has 1 fully saturated rings. The van der Waals surface area contributed by atoms with Crippen molar-refractivity contribution < 1.29 is 22.8 Å². The predicted octanol–water partition coefficient (Wildman–Crippen LogP) is 4.97. The van der Waals surface area contributed by atoms with Crippen LogP contribution in [0.1, 0.15) is 58.6 Å². The van der Waals surface area contributed by atoms with E-state index in [9.17, 15) is 8.78 Å². The van der Waals surface area contributed by atoms with Crippen molar-refractivity contribution in [3.05, 3.63) is 59.2 Å². The molecule has 150 valence electrons. The van der Waals surface area contributed by atoms with Crippen LogP contribution in [0.5, 0.6) is 5.75 Å². The molecular weight excluding hydrogens is 361 g/mol. The van der Waals surface area contributed by atoms with Gasteiger partial charge in [0.05, 0.1) is 11.2 Å². The van der Waals surface area contributed by atoms with Gasteiger partial charge in [-0.1, -0.05) is 38.1 Å². The monoisotopic (exact) mass is 388 g/mol. The summed E-state index contributed by atoms with van der Waals surface area (Å²) in [4.78, 5) is 0. The number of hydrogen-bond acceptors (Lipinski definition) is 3. The maximum Gasteiger partial charge on any atom is 0.495 e. The van der Waals surface area contributed by atoms with Gasteiger partial charge in [-0.3, -0.25) is 0 Å². The highest BCUT2D eigenvalue weighted by atomic mass is 19.1. The first-order valence-corrected chi connectivity index (χ1v) is 9.56. The molecule has 0 unspecified atom stereocenters. The second-order valence-corrected chi connectivity index (χ2v) is 8.59. The molecule has 6 heteroatoms.